The molecule has 3 heteroatoms. The fourth-order valence-corrected chi connectivity index (χ4v) is 1.22. The topological polar surface area (TPSA) is 35.5 Å². The molecule has 1 heterocycles. The number of carbonyl (C=O) groups is 1. The van der Waals surface area contributed by atoms with Crippen molar-refractivity contribution in [3.8, 4) is 0 Å². The van der Waals surface area contributed by atoms with Gasteiger partial charge in [-0.1, -0.05) is 6.58 Å². The van der Waals surface area contributed by atoms with Gasteiger partial charge in [0.15, 0.2) is 0 Å². The van der Waals surface area contributed by atoms with Crippen molar-refractivity contribution in [2.45, 2.75) is 25.4 Å². The van der Waals surface area contributed by atoms with Gasteiger partial charge in [-0.15, -0.1) is 0 Å². The molecule has 0 N–H and O–H groups in total. The first-order valence-corrected chi connectivity index (χ1v) is 4.23. The fraction of sp³-hybridized carbons (Fsp3) is 0.667. The SMILES string of the molecule is C=CC(=O)OCCC1CCCO1. The first-order chi connectivity index (χ1) is 5.83. The summed E-state index contributed by atoms with van der Waals surface area (Å²) in [6.45, 7) is 4.59. The standard InChI is InChI=1S/C9H14O3/c1-2-9(10)12-7-5-8-4-3-6-11-8/h2,8H,1,3-7H2. The largest absolute Gasteiger partial charge is 0.462 e. The average molecular weight is 170 g/mol. The first-order valence-electron chi connectivity index (χ1n) is 4.23. The molecule has 12 heavy (non-hydrogen) atoms. The highest BCUT2D eigenvalue weighted by atomic mass is 16.5. The summed E-state index contributed by atoms with van der Waals surface area (Å²) < 4.78 is 10.2. The molecule has 1 fully saturated rings. The van der Waals surface area contributed by atoms with Gasteiger partial charge in [0.05, 0.1) is 12.7 Å². The van der Waals surface area contributed by atoms with Crippen molar-refractivity contribution in [1.82, 2.24) is 0 Å². The Morgan fingerprint density at radius 3 is 3.17 bits per heavy atom. The van der Waals surface area contributed by atoms with Gasteiger partial charge >= 0.3 is 5.97 Å². The molecule has 1 saturated heterocycles. The van der Waals surface area contributed by atoms with E-state index in [1.54, 1.807) is 0 Å². The summed E-state index contributed by atoms with van der Waals surface area (Å²) in [5.74, 6) is -0.354. The van der Waals surface area contributed by atoms with E-state index in [1.165, 1.54) is 6.08 Å². The summed E-state index contributed by atoms with van der Waals surface area (Å²) in [4.78, 5) is 10.6. The normalized spacial score (nSPS) is 22.2. The summed E-state index contributed by atoms with van der Waals surface area (Å²) >= 11 is 0. The molecule has 0 aromatic rings. The van der Waals surface area contributed by atoms with Crippen LogP contribution in [0.25, 0.3) is 0 Å². The number of hydrogen-bond acceptors (Lipinski definition) is 3. The molecular weight excluding hydrogens is 156 g/mol. The number of hydrogen-bond donors (Lipinski definition) is 0. The zero-order valence-electron chi connectivity index (χ0n) is 7.12. The smallest absolute Gasteiger partial charge is 0.330 e. The van der Waals surface area contributed by atoms with Crippen LogP contribution in [-0.4, -0.2) is 25.3 Å². The number of ether oxygens (including phenoxy) is 2. The number of rotatable bonds is 4. The van der Waals surface area contributed by atoms with E-state index in [9.17, 15) is 4.79 Å². The fourth-order valence-electron chi connectivity index (χ4n) is 1.22. The van der Waals surface area contributed by atoms with Crippen molar-refractivity contribution < 1.29 is 14.3 Å². The summed E-state index contributed by atoms with van der Waals surface area (Å²) in [6, 6.07) is 0. The maximum atomic E-state index is 10.6. The van der Waals surface area contributed by atoms with Crippen molar-refractivity contribution in [3.05, 3.63) is 12.7 Å². The Balaban J connectivity index is 2.01. The molecule has 0 aromatic carbocycles. The van der Waals surface area contributed by atoms with Gasteiger partial charge in [0.2, 0.25) is 0 Å². The lowest BCUT2D eigenvalue weighted by Gasteiger charge is -2.07. The Bertz CT molecular complexity index is 159. The number of esters is 1. The van der Waals surface area contributed by atoms with Crippen molar-refractivity contribution >= 4 is 5.97 Å². The van der Waals surface area contributed by atoms with Crippen LogP contribution >= 0.6 is 0 Å². The van der Waals surface area contributed by atoms with Gasteiger partial charge < -0.3 is 9.47 Å². The Kier molecular flexibility index (Phi) is 3.80. The molecule has 0 saturated carbocycles. The van der Waals surface area contributed by atoms with E-state index in [1.807, 2.05) is 0 Å². The molecule has 1 atom stereocenters. The molecule has 0 aromatic heterocycles. The molecule has 1 unspecified atom stereocenters. The molecule has 0 radical (unpaired) electrons. The zero-order chi connectivity index (χ0) is 8.81. The highest BCUT2D eigenvalue weighted by molar-refractivity contribution is 5.81. The Labute approximate surface area is 72.4 Å². The molecule has 0 amide bonds. The Hall–Kier alpha value is -0.830. The predicted molar refractivity (Wildman–Crippen MR) is 44.7 cm³/mol. The van der Waals surface area contributed by atoms with E-state index in [4.69, 9.17) is 9.47 Å². The van der Waals surface area contributed by atoms with Crippen LogP contribution in [0, 0.1) is 0 Å². The monoisotopic (exact) mass is 170 g/mol. The van der Waals surface area contributed by atoms with Gasteiger partial charge in [-0.05, 0) is 12.8 Å². The van der Waals surface area contributed by atoms with Crippen LogP contribution in [0.15, 0.2) is 12.7 Å². The molecule has 1 rings (SSSR count). The second kappa shape index (κ2) is 4.93. The molecule has 0 aliphatic carbocycles. The predicted octanol–water partition coefficient (Wildman–Crippen LogP) is 1.28. The zero-order valence-corrected chi connectivity index (χ0v) is 7.12. The van der Waals surface area contributed by atoms with E-state index in [2.05, 4.69) is 6.58 Å². The lowest BCUT2D eigenvalue weighted by atomic mass is 10.2. The molecule has 68 valence electrons. The molecule has 0 spiro atoms. The quantitative estimate of drug-likeness (QED) is 0.471. The maximum Gasteiger partial charge on any atom is 0.330 e. The molecule has 3 nitrogen and oxygen atoms in total. The molecule has 0 bridgehead atoms. The van der Waals surface area contributed by atoms with Gasteiger partial charge in [-0.3, -0.25) is 0 Å². The highest BCUT2D eigenvalue weighted by Crippen LogP contribution is 2.14. The van der Waals surface area contributed by atoms with E-state index in [-0.39, 0.29) is 5.97 Å². The van der Waals surface area contributed by atoms with Crippen LogP contribution < -0.4 is 0 Å². The highest BCUT2D eigenvalue weighted by Gasteiger charge is 2.15. The third-order valence-corrected chi connectivity index (χ3v) is 1.87. The summed E-state index contributed by atoms with van der Waals surface area (Å²) in [5.41, 5.74) is 0. The second-order valence-corrected chi connectivity index (χ2v) is 2.80. The summed E-state index contributed by atoms with van der Waals surface area (Å²) in [5, 5.41) is 0. The van der Waals surface area contributed by atoms with Crippen LogP contribution in [0.5, 0.6) is 0 Å². The van der Waals surface area contributed by atoms with Crippen LogP contribution in [0.1, 0.15) is 19.3 Å². The summed E-state index contributed by atoms with van der Waals surface area (Å²) in [6.07, 6.45) is 4.49. The van der Waals surface area contributed by atoms with E-state index < -0.39 is 0 Å². The third-order valence-electron chi connectivity index (χ3n) is 1.87. The maximum absolute atomic E-state index is 10.6. The van der Waals surface area contributed by atoms with Gasteiger partial charge in [0, 0.05) is 19.1 Å². The first kappa shape index (κ1) is 9.26. The van der Waals surface area contributed by atoms with Gasteiger partial charge in [-0.25, -0.2) is 4.79 Å². The van der Waals surface area contributed by atoms with Crippen LogP contribution in [0.4, 0.5) is 0 Å². The Morgan fingerprint density at radius 1 is 1.75 bits per heavy atom. The van der Waals surface area contributed by atoms with E-state index >= 15 is 0 Å². The van der Waals surface area contributed by atoms with Crippen LogP contribution in [-0.2, 0) is 14.3 Å². The van der Waals surface area contributed by atoms with E-state index in [0.29, 0.717) is 12.7 Å². The molecular formula is C9H14O3. The third kappa shape index (κ3) is 3.05. The van der Waals surface area contributed by atoms with E-state index in [0.717, 1.165) is 25.9 Å². The summed E-state index contributed by atoms with van der Waals surface area (Å²) in [7, 11) is 0. The van der Waals surface area contributed by atoms with Gasteiger partial charge in [-0.2, -0.15) is 0 Å². The average Bonchev–Trinajstić information content (AvgIpc) is 2.57. The van der Waals surface area contributed by atoms with Gasteiger partial charge in [0.1, 0.15) is 0 Å². The lowest BCUT2D eigenvalue weighted by molar-refractivity contribution is -0.138. The van der Waals surface area contributed by atoms with Crippen molar-refractivity contribution in [3.63, 3.8) is 0 Å². The van der Waals surface area contributed by atoms with Gasteiger partial charge in [0.25, 0.3) is 0 Å². The molecule has 1 aliphatic heterocycles. The lowest BCUT2D eigenvalue weighted by Crippen LogP contribution is -2.11. The van der Waals surface area contributed by atoms with Crippen molar-refractivity contribution in [2.75, 3.05) is 13.2 Å². The minimum atomic E-state index is -0.354. The Morgan fingerprint density at radius 2 is 2.58 bits per heavy atom. The molecule has 1 aliphatic rings. The van der Waals surface area contributed by atoms with Crippen molar-refractivity contribution in [2.24, 2.45) is 0 Å². The second-order valence-electron chi connectivity index (χ2n) is 2.80. The van der Waals surface area contributed by atoms with Crippen molar-refractivity contribution in [1.29, 1.82) is 0 Å². The van der Waals surface area contributed by atoms with Crippen LogP contribution in [0.3, 0.4) is 0 Å². The van der Waals surface area contributed by atoms with Crippen LogP contribution in [0.2, 0.25) is 0 Å². The minimum Gasteiger partial charge on any atom is -0.462 e. The number of carbonyl (C=O) groups excluding carboxylic acids is 1. The minimum absolute atomic E-state index is 0.294.